The molecule has 16 heteroatoms. The summed E-state index contributed by atoms with van der Waals surface area (Å²) in [4.78, 5) is 42.4. The van der Waals surface area contributed by atoms with Gasteiger partial charge in [-0.25, -0.2) is 0 Å². The first-order valence-electron chi connectivity index (χ1n) is 21.9. The summed E-state index contributed by atoms with van der Waals surface area (Å²) >= 11 is 0. The third-order valence-electron chi connectivity index (χ3n) is 11.0. The van der Waals surface area contributed by atoms with E-state index in [1.165, 1.54) is 35.2 Å². The number of carbonyl (C=O) groups is 2. The van der Waals surface area contributed by atoms with Crippen molar-refractivity contribution in [3.05, 3.63) is 141 Å². The van der Waals surface area contributed by atoms with Crippen LogP contribution in [-0.4, -0.2) is 61.0 Å². The molecule has 16 nitrogen and oxygen atoms in total. The van der Waals surface area contributed by atoms with Crippen LogP contribution in [0.3, 0.4) is 0 Å². The van der Waals surface area contributed by atoms with Gasteiger partial charge in [-0.05, 0) is 111 Å². The lowest BCUT2D eigenvalue weighted by atomic mass is 10.00. The number of unbranched alkanes of at least 4 members (excludes halogenated alkanes) is 1. The number of benzene rings is 4. The van der Waals surface area contributed by atoms with Crippen LogP contribution in [0.1, 0.15) is 58.9 Å². The maximum atomic E-state index is 13.9. The summed E-state index contributed by atoms with van der Waals surface area (Å²) < 4.78 is 5.62. The van der Waals surface area contributed by atoms with Crippen molar-refractivity contribution < 1.29 is 19.2 Å². The average molecular weight is 888 g/mol. The molecule has 0 saturated carbocycles. The Kier molecular flexibility index (Phi) is 18.1. The highest BCUT2D eigenvalue weighted by molar-refractivity contribution is 6.05. The van der Waals surface area contributed by atoms with Crippen molar-refractivity contribution in [2.24, 2.45) is 16.1 Å². The molecule has 0 radical (unpaired) electrons. The van der Waals surface area contributed by atoms with Crippen molar-refractivity contribution in [3.63, 3.8) is 0 Å². The van der Waals surface area contributed by atoms with Gasteiger partial charge >= 0.3 is 5.97 Å². The number of allylic oxidation sites excluding steroid dienone is 2. The van der Waals surface area contributed by atoms with E-state index in [9.17, 15) is 35.5 Å². The van der Waals surface area contributed by atoms with Crippen molar-refractivity contribution in [2.45, 2.75) is 53.4 Å². The summed E-state index contributed by atoms with van der Waals surface area (Å²) in [5.74, 6) is -0.658. The standard InChI is InChI=1S/C50H53N11O5/c1-5-9-10-37(6-2)50(63)66-32-31-59(8-4)44-24-18-41(19-25-44)55-54-39-14-11-36(12-15-39)13-28-46-47(35-53)48(38(33-51)34-52)60(49(46)62)30-29-58(7-3)43-22-16-40(17-23-43)56-57-42-20-26-45(27-21-42)61(64)65/h11-28,37,54-55H,5-10,29-32H2,1-4H3/b28-13+,57-56?. The lowest BCUT2D eigenvalue weighted by Crippen LogP contribution is -2.36. The lowest BCUT2D eigenvalue weighted by molar-refractivity contribution is -0.384. The zero-order valence-electron chi connectivity index (χ0n) is 37.6. The van der Waals surface area contributed by atoms with E-state index in [4.69, 9.17) is 4.74 Å². The average Bonchev–Trinajstić information content (AvgIpc) is 3.61. The fourth-order valence-electron chi connectivity index (χ4n) is 7.21. The number of rotatable bonds is 23. The van der Waals surface area contributed by atoms with Crippen LogP contribution in [0.4, 0.5) is 39.8 Å². The SMILES string of the molecule is CCCCC(CC)C(=O)OCCN(CC)c1ccc(NNc2ccc(/C=C/C3=C(C#N)C(=C(C#N)C#N)N(CCN(CC)c4ccc(N=Nc5ccc([N+](=O)[O-])cc5)cc4)C3=O)cc2)cc1. The molecule has 1 aliphatic rings. The second-order valence-electron chi connectivity index (χ2n) is 15.1. The van der Waals surface area contributed by atoms with Crippen molar-refractivity contribution in [1.82, 2.24) is 4.90 Å². The zero-order chi connectivity index (χ0) is 47.4. The van der Waals surface area contributed by atoms with E-state index in [2.05, 4.69) is 45.9 Å². The molecular weight excluding hydrogens is 835 g/mol. The minimum Gasteiger partial charge on any atom is -0.464 e. The van der Waals surface area contributed by atoms with E-state index in [1.54, 1.807) is 18.2 Å². The minimum absolute atomic E-state index is 0.0185. The number of likely N-dealkylation sites (N-methyl/N-ethyl adjacent to an activating group) is 2. The third-order valence-corrected chi connectivity index (χ3v) is 11.0. The molecule has 4 aromatic rings. The van der Waals surface area contributed by atoms with E-state index in [1.807, 2.05) is 91.5 Å². The van der Waals surface area contributed by atoms with Gasteiger partial charge in [0.25, 0.3) is 11.6 Å². The Labute approximate surface area is 385 Å². The number of nitrogens with zero attached hydrogens (tertiary/aromatic N) is 9. The van der Waals surface area contributed by atoms with Crippen molar-refractivity contribution >= 4 is 57.8 Å². The van der Waals surface area contributed by atoms with E-state index < -0.39 is 10.8 Å². The molecule has 0 fully saturated rings. The number of non-ortho nitro benzene ring substituents is 1. The number of ether oxygens (including phenoxy) is 1. The molecule has 5 rings (SSSR count). The molecule has 2 N–H and O–H groups in total. The van der Waals surface area contributed by atoms with Crippen LogP contribution in [0.5, 0.6) is 0 Å². The molecular formula is C50H53N11O5. The number of azo groups is 1. The predicted octanol–water partition coefficient (Wildman–Crippen LogP) is 10.5. The van der Waals surface area contributed by atoms with Gasteiger partial charge in [-0.15, -0.1) is 0 Å². The summed E-state index contributed by atoms with van der Waals surface area (Å²) in [6.07, 6.45) is 6.96. The molecule has 1 unspecified atom stereocenters. The maximum Gasteiger partial charge on any atom is 0.308 e. The van der Waals surface area contributed by atoms with Gasteiger partial charge in [-0.3, -0.25) is 19.7 Å². The number of hydrogen-bond donors (Lipinski definition) is 2. The summed E-state index contributed by atoms with van der Waals surface area (Å²) in [5, 5.41) is 49.2. The summed E-state index contributed by atoms with van der Waals surface area (Å²) in [6, 6.07) is 34.1. The normalized spacial score (nSPS) is 12.7. The van der Waals surface area contributed by atoms with Crippen molar-refractivity contribution in [2.75, 3.05) is 60.0 Å². The zero-order valence-corrected chi connectivity index (χ0v) is 37.6. The van der Waals surface area contributed by atoms with Gasteiger partial charge in [-0.2, -0.15) is 26.0 Å². The molecule has 66 heavy (non-hydrogen) atoms. The monoisotopic (exact) mass is 887 g/mol. The van der Waals surface area contributed by atoms with Crippen molar-refractivity contribution in [1.29, 1.82) is 15.8 Å². The van der Waals surface area contributed by atoms with Gasteiger partial charge in [0, 0.05) is 49.7 Å². The Morgan fingerprint density at radius 1 is 0.803 bits per heavy atom. The molecule has 0 saturated heterocycles. The van der Waals surface area contributed by atoms with E-state index in [0.717, 1.165) is 60.5 Å². The number of esters is 1. The molecule has 1 aliphatic heterocycles. The minimum atomic E-state index is -0.499. The third kappa shape index (κ3) is 12.9. The Balaban J connectivity index is 1.18. The molecule has 4 aromatic carbocycles. The van der Waals surface area contributed by atoms with E-state index in [-0.39, 0.29) is 46.5 Å². The summed E-state index contributed by atoms with van der Waals surface area (Å²) in [5.41, 5.74) is 11.2. The summed E-state index contributed by atoms with van der Waals surface area (Å²) in [6.45, 7) is 10.8. The molecule has 0 aliphatic carbocycles. The van der Waals surface area contributed by atoms with Gasteiger partial charge in [0.15, 0.2) is 5.57 Å². The molecule has 1 amide bonds. The molecule has 338 valence electrons. The number of carbonyl (C=O) groups excluding carboxylic acids is 2. The number of hydrogen-bond acceptors (Lipinski definition) is 14. The van der Waals surface area contributed by atoms with Gasteiger partial charge in [0.2, 0.25) is 0 Å². The van der Waals surface area contributed by atoms with Crippen LogP contribution < -0.4 is 20.7 Å². The summed E-state index contributed by atoms with van der Waals surface area (Å²) in [7, 11) is 0. The second kappa shape index (κ2) is 24.5. The van der Waals surface area contributed by atoms with E-state index in [0.29, 0.717) is 37.6 Å². The van der Waals surface area contributed by atoms with Crippen LogP contribution in [0.2, 0.25) is 0 Å². The molecule has 0 spiro atoms. The Hall–Kier alpha value is -8.29. The fourth-order valence-corrected chi connectivity index (χ4v) is 7.21. The first-order chi connectivity index (χ1) is 32.1. The number of anilines is 4. The van der Waals surface area contributed by atoms with Gasteiger partial charge < -0.3 is 30.3 Å². The van der Waals surface area contributed by atoms with Crippen LogP contribution in [0, 0.1) is 50.0 Å². The number of nitrogens with one attached hydrogen (secondary N) is 2. The van der Waals surface area contributed by atoms with Gasteiger partial charge in [0.1, 0.15) is 24.8 Å². The maximum absolute atomic E-state index is 13.9. The molecule has 0 bridgehead atoms. The van der Waals surface area contributed by atoms with E-state index >= 15 is 0 Å². The Morgan fingerprint density at radius 3 is 1.86 bits per heavy atom. The number of nitriles is 3. The predicted molar refractivity (Wildman–Crippen MR) is 256 cm³/mol. The van der Waals surface area contributed by atoms with Gasteiger partial charge in [0.05, 0.1) is 57.0 Å². The first-order valence-corrected chi connectivity index (χ1v) is 21.9. The fraction of sp³-hybridized carbons (Fsp3) is 0.300. The second-order valence-corrected chi connectivity index (χ2v) is 15.1. The number of nitro benzene ring substituents is 1. The topological polar surface area (TPSA) is 216 Å². The highest BCUT2D eigenvalue weighted by Gasteiger charge is 2.36. The molecule has 1 heterocycles. The highest BCUT2D eigenvalue weighted by Crippen LogP contribution is 2.33. The number of hydrazine groups is 1. The largest absolute Gasteiger partial charge is 0.464 e. The molecule has 0 aromatic heterocycles. The quantitative estimate of drug-likeness (QED) is 0.0234. The van der Waals surface area contributed by atoms with Crippen LogP contribution in [0.15, 0.2) is 136 Å². The van der Waals surface area contributed by atoms with Crippen LogP contribution >= 0.6 is 0 Å². The molecule has 1 atom stereocenters. The lowest BCUT2D eigenvalue weighted by Gasteiger charge is -2.27. The Bertz CT molecular complexity index is 2550. The number of nitro groups is 1. The smallest absolute Gasteiger partial charge is 0.308 e. The Morgan fingerprint density at radius 2 is 1.35 bits per heavy atom. The van der Waals surface area contributed by atoms with Gasteiger partial charge in [-0.1, -0.05) is 44.9 Å². The van der Waals surface area contributed by atoms with Crippen molar-refractivity contribution in [3.8, 4) is 18.2 Å². The van der Waals surface area contributed by atoms with Crippen LogP contribution in [-0.2, 0) is 14.3 Å². The number of amides is 1. The highest BCUT2D eigenvalue weighted by atomic mass is 16.6. The first kappa shape index (κ1) is 48.7. The van der Waals surface area contributed by atoms with Crippen LogP contribution in [0.25, 0.3) is 6.08 Å².